The first-order chi connectivity index (χ1) is 7.70. The Morgan fingerprint density at radius 2 is 2.38 bits per heavy atom. The lowest BCUT2D eigenvalue weighted by molar-refractivity contribution is 0.0782. The Morgan fingerprint density at radius 3 is 2.88 bits per heavy atom. The number of rotatable bonds is 2. The minimum absolute atomic E-state index is 0.0552. The molecule has 1 saturated heterocycles. The maximum atomic E-state index is 12.0. The highest BCUT2D eigenvalue weighted by atomic mass is 16.2. The van der Waals surface area contributed by atoms with Gasteiger partial charge >= 0.3 is 0 Å². The number of nitrogens with two attached hydrogens (primary N) is 1. The lowest BCUT2D eigenvalue weighted by atomic mass is 10.2. The van der Waals surface area contributed by atoms with Crippen LogP contribution in [0, 0.1) is 5.92 Å². The van der Waals surface area contributed by atoms with Crippen LogP contribution in [0.15, 0.2) is 12.4 Å². The second-order valence-electron chi connectivity index (χ2n) is 4.08. The number of hydrogen-bond acceptors (Lipinski definition) is 5. The van der Waals surface area contributed by atoms with E-state index in [0.29, 0.717) is 17.4 Å². The zero-order valence-corrected chi connectivity index (χ0v) is 9.18. The summed E-state index contributed by atoms with van der Waals surface area (Å²) < 4.78 is 0. The van der Waals surface area contributed by atoms with Crippen molar-refractivity contribution in [3.8, 4) is 0 Å². The van der Waals surface area contributed by atoms with Gasteiger partial charge in [-0.2, -0.15) is 0 Å². The predicted molar refractivity (Wildman–Crippen MR) is 59.5 cm³/mol. The minimum atomic E-state index is -0.0552. The number of amides is 1. The zero-order valence-electron chi connectivity index (χ0n) is 9.18. The van der Waals surface area contributed by atoms with Crippen LogP contribution in [0.5, 0.6) is 0 Å². The number of anilines is 1. The first kappa shape index (κ1) is 10.8. The Labute approximate surface area is 93.8 Å². The molecule has 1 fully saturated rings. The number of likely N-dealkylation sites (tertiary alicyclic amines) is 1. The highest BCUT2D eigenvalue weighted by Crippen LogP contribution is 2.17. The van der Waals surface area contributed by atoms with E-state index in [4.69, 9.17) is 5.84 Å². The molecule has 1 unspecified atom stereocenters. The fraction of sp³-hybridized carbons (Fsp3) is 0.500. The van der Waals surface area contributed by atoms with Crippen molar-refractivity contribution in [2.24, 2.45) is 11.8 Å². The third kappa shape index (κ3) is 2.11. The number of hydrazine groups is 1. The van der Waals surface area contributed by atoms with Crippen LogP contribution < -0.4 is 11.3 Å². The topological polar surface area (TPSA) is 84.1 Å². The second kappa shape index (κ2) is 4.44. The normalized spacial score (nSPS) is 19.9. The van der Waals surface area contributed by atoms with Gasteiger partial charge in [0, 0.05) is 13.1 Å². The Hall–Kier alpha value is -1.69. The van der Waals surface area contributed by atoms with Crippen molar-refractivity contribution >= 4 is 11.7 Å². The molecule has 0 aliphatic carbocycles. The molecule has 1 aliphatic rings. The fourth-order valence-corrected chi connectivity index (χ4v) is 1.79. The summed E-state index contributed by atoms with van der Waals surface area (Å²) in [5.74, 6) is 6.13. The van der Waals surface area contributed by atoms with Crippen LogP contribution in [-0.4, -0.2) is 33.9 Å². The highest BCUT2D eigenvalue weighted by molar-refractivity contribution is 5.92. The first-order valence-corrected chi connectivity index (χ1v) is 5.28. The monoisotopic (exact) mass is 221 g/mol. The van der Waals surface area contributed by atoms with Crippen molar-refractivity contribution < 1.29 is 4.79 Å². The Bertz CT molecular complexity index is 377. The van der Waals surface area contributed by atoms with Gasteiger partial charge < -0.3 is 10.3 Å². The van der Waals surface area contributed by atoms with Gasteiger partial charge in [-0.05, 0) is 12.3 Å². The second-order valence-corrected chi connectivity index (χ2v) is 4.08. The first-order valence-electron chi connectivity index (χ1n) is 5.28. The van der Waals surface area contributed by atoms with Crippen LogP contribution in [0.25, 0.3) is 0 Å². The lowest BCUT2D eigenvalue weighted by Gasteiger charge is -2.14. The zero-order chi connectivity index (χ0) is 11.5. The summed E-state index contributed by atoms with van der Waals surface area (Å²) in [5, 5.41) is 0. The molecule has 2 rings (SSSR count). The molecule has 2 heterocycles. The molecule has 1 aliphatic heterocycles. The molecule has 0 bridgehead atoms. The fourth-order valence-electron chi connectivity index (χ4n) is 1.79. The Balaban J connectivity index is 2.08. The van der Waals surface area contributed by atoms with Gasteiger partial charge in [-0.25, -0.2) is 15.8 Å². The largest absolute Gasteiger partial charge is 0.337 e. The van der Waals surface area contributed by atoms with Crippen molar-refractivity contribution in [2.45, 2.75) is 13.3 Å². The smallest absolute Gasteiger partial charge is 0.274 e. The molecule has 1 amide bonds. The van der Waals surface area contributed by atoms with Gasteiger partial charge in [0.15, 0.2) is 5.82 Å². The Kier molecular flexibility index (Phi) is 3.00. The molecular weight excluding hydrogens is 206 g/mol. The summed E-state index contributed by atoms with van der Waals surface area (Å²) in [7, 11) is 0. The van der Waals surface area contributed by atoms with E-state index in [9.17, 15) is 4.79 Å². The van der Waals surface area contributed by atoms with E-state index in [1.54, 1.807) is 0 Å². The van der Waals surface area contributed by atoms with E-state index in [1.165, 1.54) is 12.4 Å². The molecule has 0 saturated carbocycles. The van der Waals surface area contributed by atoms with Gasteiger partial charge in [-0.15, -0.1) is 0 Å². The molecule has 0 spiro atoms. The number of hydrogen-bond donors (Lipinski definition) is 2. The quantitative estimate of drug-likeness (QED) is 0.552. The van der Waals surface area contributed by atoms with Crippen molar-refractivity contribution in [1.29, 1.82) is 0 Å². The van der Waals surface area contributed by atoms with Gasteiger partial charge in [-0.1, -0.05) is 6.92 Å². The molecule has 1 atom stereocenters. The van der Waals surface area contributed by atoms with Crippen LogP contribution in [0.1, 0.15) is 23.8 Å². The van der Waals surface area contributed by atoms with Gasteiger partial charge in [0.25, 0.3) is 5.91 Å². The number of nitrogen functional groups attached to an aromatic ring is 1. The van der Waals surface area contributed by atoms with Gasteiger partial charge in [0.1, 0.15) is 5.69 Å². The molecule has 1 aromatic heterocycles. The highest BCUT2D eigenvalue weighted by Gasteiger charge is 2.24. The van der Waals surface area contributed by atoms with Crippen molar-refractivity contribution in [3.63, 3.8) is 0 Å². The van der Waals surface area contributed by atoms with Crippen LogP contribution in [0.2, 0.25) is 0 Å². The van der Waals surface area contributed by atoms with Crippen LogP contribution in [0.3, 0.4) is 0 Å². The van der Waals surface area contributed by atoms with E-state index in [0.717, 1.165) is 19.5 Å². The number of carbonyl (C=O) groups excluding carboxylic acids is 1. The van der Waals surface area contributed by atoms with E-state index in [-0.39, 0.29) is 5.91 Å². The van der Waals surface area contributed by atoms with E-state index in [2.05, 4.69) is 22.3 Å². The molecule has 86 valence electrons. The lowest BCUT2D eigenvalue weighted by Crippen LogP contribution is -2.29. The SMILES string of the molecule is CC1CCN(C(=O)c2cnc(NN)cn2)C1. The molecule has 1 aromatic rings. The third-order valence-electron chi connectivity index (χ3n) is 2.73. The molecule has 6 nitrogen and oxygen atoms in total. The van der Waals surface area contributed by atoms with Crippen LogP contribution in [0.4, 0.5) is 5.82 Å². The number of aromatic nitrogens is 2. The molecule has 16 heavy (non-hydrogen) atoms. The Morgan fingerprint density at radius 1 is 1.56 bits per heavy atom. The number of nitrogens with zero attached hydrogens (tertiary/aromatic N) is 3. The molecule has 0 radical (unpaired) electrons. The summed E-state index contributed by atoms with van der Waals surface area (Å²) in [5.41, 5.74) is 2.74. The van der Waals surface area contributed by atoms with E-state index >= 15 is 0 Å². The molecule has 6 heteroatoms. The van der Waals surface area contributed by atoms with Crippen molar-refractivity contribution in [2.75, 3.05) is 18.5 Å². The minimum Gasteiger partial charge on any atom is -0.337 e. The van der Waals surface area contributed by atoms with Crippen LogP contribution in [-0.2, 0) is 0 Å². The number of nitrogens with one attached hydrogen (secondary N) is 1. The summed E-state index contributed by atoms with van der Waals surface area (Å²) in [6.45, 7) is 3.75. The standard InChI is InChI=1S/C10H15N5O/c1-7-2-3-15(6-7)10(16)8-4-13-9(14-11)5-12-8/h4-5,7H,2-3,6,11H2,1H3,(H,13,14). The van der Waals surface area contributed by atoms with Crippen LogP contribution >= 0.6 is 0 Å². The number of carbonyl (C=O) groups is 1. The van der Waals surface area contributed by atoms with E-state index in [1.807, 2.05) is 4.90 Å². The summed E-state index contributed by atoms with van der Waals surface area (Å²) in [6.07, 6.45) is 3.95. The van der Waals surface area contributed by atoms with Gasteiger partial charge in [0.2, 0.25) is 0 Å². The average Bonchev–Trinajstić information content (AvgIpc) is 2.75. The summed E-state index contributed by atoms with van der Waals surface area (Å²) in [6, 6.07) is 0. The molecule has 3 N–H and O–H groups in total. The average molecular weight is 221 g/mol. The van der Waals surface area contributed by atoms with Crippen molar-refractivity contribution in [3.05, 3.63) is 18.1 Å². The predicted octanol–water partition coefficient (Wildman–Crippen LogP) is 0.244. The van der Waals surface area contributed by atoms with Crippen molar-refractivity contribution in [1.82, 2.24) is 14.9 Å². The summed E-state index contributed by atoms with van der Waals surface area (Å²) in [4.78, 5) is 21.8. The third-order valence-corrected chi connectivity index (χ3v) is 2.73. The maximum absolute atomic E-state index is 12.0. The maximum Gasteiger partial charge on any atom is 0.274 e. The molecular formula is C10H15N5O. The van der Waals surface area contributed by atoms with Gasteiger partial charge in [0.05, 0.1) is 12.4 Å². The molecule has 0 aromatic carbocycles. The van der Waals surface area contributed by atoms with E-state index < -0.39 is 0 Å². The van der Waals surface area contributed by atoms with Gasteiger partial charge in [-0.3, -0.25) is 4.79 Å². The summed E-state index contributed by atoms with van der Waals surface area (Å²) >= 11 is 0.